The molecule has 0 atom stereocenters. The number of rotatable bonds is 2. The summed E-state index contributed by atoms with van der Waals surface area (Å²) in [5.41, 5.74) is 0.814. The molecule has 1 aromatic heterocycles. The van der Waals surface area contributed by atoms with Gasteiger partial charge in [0.25, 0.3) is 5.56 Å². The fraction of sp³-hybridized carbons (Fsp3) is 0.154. The summed E-state index contributed by atoms with van der Waals surface area (Å²) < 4.78 is 4.43. The molecule has 0 aliphatic heterocycles. The first-order valence-electron chi connectivity index (χ1n) is 5.52. The van der Waals surface area contributed by atoms with Crippen LogP contribution in [0.5, 0.6) is 5.88 Å². The summed E-state index contributed by atoms with van der Waals surface area (Å²) in [6.07, 6.45) is 0. The molecule has 1 aromatic carbocycles. The Morgan fingerprint density at radius 1 is 1.37 bits per heavy atom. The number of ether oxygens (including phenoxy) is 1. The van der Waals surface area contributed by atoms with Gasteiger partial charge < -0.3 is 14.8 Å². The lowest BCUT2D eigenvalue weighted by atomic mass is 10.0. The van der Waals surface area contributed by atoms with Crippen LogP contribution in [0.1, 0.15) is 16.2 Å². The summed E-state index contributed by atoms with van der Waals surface area (Å²) in [5, 5.41) is 9.86. The van der Waals surface area contributed by atoms with Gasteiger partial charge in [0.2, 0.25) is 11.7 Å². The molecule has 19 heavy (non-hydrogen) atoms. The number of esters is 1. The van der Waals surface area contributed by atoms with E-state index in [4.69, 9.17) is 0 Å². The summed E-state index contributed by atoms with van der Waals surface area (Å²) in [4.78, 5) is 29.2. The number of H-pyrrole nitrogens is 1. The molecular formula is C13H12N2O4. The number of benzene rings is 1. The number of aromatic nitrogens is 2. The summed E-state index contributed by atoms with van der Waals surface area (Å²) in [6.45, 7) is 1.81. The number of aromatic hydroxyl groups is 1. The first kappa shape index (κ1) is 12.8. The molecule has 0 saturated heterocycles. The second-order valence-corrected chi connectivity index (χ2v) is 3.92. The molecular weight excluding hydrogens is 248 g/mol. The molecule has 6 nitrogen and oxygen atoms in total. The predicted molar refractivity (Wildman–Crippen MR) is 68.0 cm³/mol. The molecule has 0 radical (unpaired) electrons. The van der Waals surface area contributed by atoms with Gasteiger partial charge in [-0.15, -0.1) is 0 Å². The maximum Gasteiger partial charge on any atom is 0.374 e. The van der Waals surface area contributed by atoms with E-state index in [1.165, 1.54) is 0 Å². The van der Waals surface area contributed by atoms with Gasteiger partial charge in [0, 0.05) is 0 Å². The second-order valence-electron chi connectivity index (χ2n) is 3.92. The first-order chi connectivity index (χ1) is 9.04. The highest BCUT2D eigenvalue weighted by molar-refractivity contribution is 5.85. The quantitative estimate of drug-likeness (QED) is 0.792. The highest BCUT2D eigenvalue weighted by Gasteiger charge is 2.18. The summed E-state index contributed by atoms with van der Waals surface area (Å²) in [6, 6.07) is 7.07. The molecule has 2 aromatic rings. The third-order valence-corrected chi connectivity index (χ3v) is 2.69. The molecule has 0 bridgehead atoms. The summed E-state index contributed by atoms with van der Waals surface area (Å²) >= 11 is 0. The first-order valence-corrected chi connectivity index (χ1v) is 5.52. The molecule has 0 amide bonds. The van der Waals surface area contributed by atoms with Crippen LogP contribution in [-0.4, -0.2) is 28.2 Å². The smallest absolute Gasteiger partial charge is 0.374 e. The Kier molecular flexibility index (Phi) is 3.33. The Morgan fingerprint density at radius 2 is 2.05 bits per heavy atom. The molecule has 0 fully saturated rings. The van der Waals surface area contributed by atoms with E-state index in [0.717, 1.165) is 12.7 Å². The molecule has 0 spiro atoms. The fourth-order valence-corrected chi connectivity index (χ4v) is 1.75. The normalized spacial score (nSPS) is 10.2. The number of nitrogens with one attached hydrogen (secondary N) is 1. The van der Waals surface area contributed by atoms with Crippen molar-refractivity contribution < 1.29 is 14.6 Å². The van der Waals surface area contributed by atoms with Crippen LogP contribution in [0, 0.1) is 6.92 Å². The van der Waals surface area contributed by atoms with Gasteiger partial charge in [-0.1, -0.05) is 24.3 Å². The maximum atomic E-state index is 12.0. The van der Waals surface area contributed by atoms with Gasteiger partial charge in [0.1, 0.15) is 5.56 Å². The minimum Gasteiger partial charge on any atom is -0.493 e. The minimum atomic E-state index is -0.816. The Morgan fingerprint density at radius 3 is 2.63 bits per heavy atom. The number of carbonyl (C=O) groups excluding carboxylic acids is 1. The van der Waals surface area contributed by atoms with E-state index in [1.54, 1.807) is 12.1 Å². The van der Waals surface area contributed by atoms with E-state index in [9.17, 15) is 14.7 Å². The molecule has 0 saturated carbocycles. The highest BCUT2D eigenvalue weighted by atomic mass is 16.5. The standard InChI is InChI=1S/C13H12N2O4/c1-7-5-3-4-6-8(7)9-11(16)14-10(13(18)19-2)15-12(9)17/h3-6H,1-2H3,(H2,14,15,16,17). The molecule has 0 unspecified atom stereocenters. The van der Waals surface area contributed by atoms with Gasteiger partial charge in [0.05, 0.1) is 7.11 Å². The average molecular weight is 260 g/mol. The Bertz CT molecular complexity index is 691. The maximum absolute atomic E-state index is 12.0. The van der Waals surface area contributed by atoms with Crippen molar-refractivity contribution in [2.45, 2.75) is 6.92 Å². The van der Waals surface area contributed by atoms with E-state index in [0.29, 0.717) is 5.56 Å². The summed E-state index contributed by atoms with van der Waals surface area (Å²) in [7, 11) is 1.16. The monoisotopic (exact) mass is 260 g/mol. The fourth-order valence-electron chi connectivity index (χ4n) is 1.75. The van der Waals surface area contributed by atoms with Gasteiger partial charge in [0.15, 0.2) is 0 Å². The molecule has 98 valence electrons. The largest absolute Gasteiger partial charge is 0.493 e. The lowest BCUT2D eigenvalue weighted by molar-refractivity contribution is 0.0585. The van der Waals surface area contributed by atoms with Crippen molar-refractivity contribution in [3.8, 4) is 17.0 Å². The Balaban J connectivity index is 2.65. The Labute approximate surface area is 108 Å². The predicted octanol–water partition coefficient (Wildman–Crippen LogP) is 1.24. The van der Waals surface area contributed by atoms with Gasteiger partial charge >= 0.3 is 5.97 Å². The van der Waals surface area contributed by atoms with Gasteiger partial charge in [-0.25, -0.2) is 4.79 Å². The zero-order chi connectivity index (χ0) is 14.0. The third-order valence-electron chi connectivity index (χ3n) is 2.69. The zero-order valence-corrected chi connectivity index (χ0v) is 10.4. The van der Waals surface area contributed by atoms with Crippen molar-refractivity contribution in [2.75, 3.05) is 7.11 Å². The van der Waals surface area contributed by atoms with E-state index in [-0.39, 0.29) is 11.4 Å². The van der Waals surface area contributed by atoms with E-state index in [1.807, 2.05) is 19.1 Å². The summed E-state index contributed by atoms with van der Waals surface area (Å²) in [5.74, 6) is -1.65. The van der Waals surface area contributed by atoms with Crippen molar-refractivity contribution in [2.24, 2.45) is 0 Å². The average Bonchev–Trinajstić information content (AvgIpc) is 2.39. The lowest BCUT2D eigenvalue weighted by Gasteiger charge is -2.07. The van der Waals surface area contributed by atoms with Crippen molar-refractivity contribution in [1.29, 1.82) is 0 Å². The van der Waals surface area contributed by atoms with E-state index < -0.39 is 17.4 Å². The van der Waals surface area contributed by atoms with Gasteiger partial charge in [-0.2, -0.15) is 4.98 Å². The van der Waals surface area contributed by atoms with Crippen LogP contribution in [0.25, 0.3) is 11.1 Å². The Hall–Kier alpha value is -2.63. The molecule has 2 N–H and O–H groups in total. The van der Waals surface area contributed by atoms with Crippen LogP contribution in [0.4, 0.5) is 0 Å². The van der Waals surface area contributed by atoms with Crippen molar-refractivity contribution in [3.63, 3.8) is 0 Å². The van der Waals surface area contributed by atoms with Crippen molar-refractivity contribution in [3.05, 3.63) is 46.0 Å². The van der Waals surface area contributed by atoms with Crippen LogP contribution in [0.3, 0.4) is 0 Å². The topological polar surface area (TPSA) is 92.3 Å². The van der Waals surface area contributed by atoms with E-state index >= 15 is 0 Å². The number of hydrogen-bond donors (Lipinski definition) is 2. The van der Waals surface area contributed by atoms with E-state index in [2.05, 4.69) is 14.7 Å². The molecule has 6 heteroatoms. The van der Waals surface area contributed by atoms with Crippen LogP contribution < -0.4 is 5.56 Å². The molecule has 1 heterocycles. The van der Waals surface area contributed by atoms with Crippen LogP contribution in [-0.2, 0) is 4.74 Å². The van der Waals surface area contributed by atoms with Crippen molar-refractivity contribution in [1.82, 2.24) is 9.97 Å². The second kappa shape index (κ2) is 4.93. The lowest BCUT2D eigenvalue weighted by Crippen LogP contribution is -2.18. The van der Waals surface area contributed by atoms with Gasteiger partial charge in [-0.05, 0) is 18.1 Å². The number of nitrogens with zero attached hydrogens (tertiary/aromatic N) is 1. The van der Waals surface area contributed by atoms with Crippen LogP contribution >= 0.6 is 0 Å². The van der Waals surface area contributed by atoms with Crippen LogP contribution in [0.15, 0.2) is 29.1 Å². The number of carbonyl (C=O) groups is 1. The molecule has 0 aliphatic carbocycles. The number of hydrogen-bond acceptors (Lipinski definition) is 5. The minimum absolute atomic E-state index is 0.0331. The number of methoxy groups -OCH3 is 1. The number of aromatic amines is 1. The van der Waals surface area contributed by atoms with Crippen molar-refractivity contribution >= 4 is 5.97 Å². The highest BCUT2D eigenvalue weighted by Crippen LogP contribution is 2.26. The number of aryl methyl sites for hydroxylation is 1. The SMILES string of the molecule is COC(=O)c1nc(O)c(-c2ccccc2C)c(=O)[nH]1. The van der Waals surface area contributed by atoms with Gasteiger partial charge in [-0.3, -0.25) is 4.79 Å². The van der Waals surface area contributed by atoms with Crippen LogP contribution in [0.2, 0.25) is 0 Å². The zero-order valence-electron chi connectivity index (χ0n) is 10.4. The molecule has 0 aliphatic rings. The third kappa shape index (κ3) is 2.33. The molecule has 2 rings (SSSR count).